The second-order valence-corrected chi connectivity index (χ2v) is 1.64. The Morgan fingerprint density at radius 2 is 2.38 bits per heavy atom. The van der Waals surface area contributed by atoms with Crippen molar-refractivity contribution in [2.75, 3.05) is 12.5 Å². The van der Waals surface area contributed by atoms with E-state index in [4.69, 9.17) is 16.7 Å². The molecule has 0 aromatic rings. The average Bonchev–Trinajstić information content (AvgIpc) is 1.83. The van der Waals surface area contributed by atoms with Gasteiger partial charge in [0.15, 0.2) is 0 Å². The van der Waals surface area contributed by atoms with Gasteiger partial charge in [-0.05, 0) is 5.57 Å². The third-order valence-electron chi connectivity index (χ3n) is 0.631. The Kier molecular flexibility index (Phi) is 4.71. The van der Waals surface area contributed by atoms with E-state index in [1.54, 1.807) is 12.2 Å². The Morgan fingerprint density at radius 3 is 2.75 bits per heavy atom. The van der Waals surface area contributed by atoms with E-state index in [1.165, 1.54) is 0 Å². The third-order valence-corrected chi connectivity index (χ3v) is 0.974. The molecule has 0 aliphatic carbocycles. The molecule has 2 heteroatoms. The number of halogens is 1. The van der Waals surface area contributed by atoms with Crippen molar-refractivity contribution in [2.45, 2.75) is 0 Å². The van der Waals surface area contributed by atoms with Gasteiger partial charge in [-0.1, -0.05) is 18.7 Å². The average molecular weight is 133 g/mol. The zero-order valence-electron chi connectivity index (χ0n) is 4.60. The predicted molar refractivity (Wildman–Crippen MR) is 36.1 cm³/mol. The number of alkyl halides is 1. The summed E-state index contributed by atoms with van der Waals surface area (Å²) < 4.78 is 0. The summed E-state index contributed by atoms with van der Waals surface area (Å²) in [5.41, 5.74) is 0.820. The highest BCUT2D eigenvalue weighted by atomic mass is 35.5. The van der Waals surface area contributed by atoms with Crippen LogP contribution >= 0.6 is 11.6 Å². The highest BCUT2D eigenvalue weighted by Crippen LogP contribution is 1.93. The Hall–Kier alpha value is -0.270. The van der Waals surface area contributed by atoms with Crippen molar-refractivity contribution in [1.82, 2.24) is 0 Å². The molecule has 0 aliphatic heterocycles. The van der Waals surface area contributed by atoms with E-state index in [0.717, 1.165) is 5.57 Å². The lowest BCUT2D eigenvalue weighted by Crippen LogP contribution is -1.76. The van der Waals surface area contributed by atoms with Gasteiger partial charge in [0.2, 0.25) is 0 Å². The summed E-state index contributed by atoms with van der Waals surface area (Å²) in [6.07, 6.45) is 3.30. The summed E-state index contributed by atoms with van der Waals surface area (Å²) in [4.78, 5) is 0. The summed E-state index contributed by atoms with van der Waals surface area (Å²) in [5.74, 6) is 0.427. The van der Waals surface area contributed by atoms with Crippen LogP contribution in [-0.4, -0.2) is 17.6 Å². The zero-order valence-corrected chi connectivity index (χ0v) is 5.36. The van der Waals surface area contributed by atoms with Gasteiger partial charge in [-0.3, -0.25) is 0 Å². The summed E-state index contributed by atoms with van der Waals surface area (Å²) in [6.45, 7) is 3.63. The van der Waals surface area contributed by atoms with Crippen LogP contribution in [0.25, 0.3) is 0 Å². The maximum absolute atomic E-state index is 8.24. The molecule has 0 spiro atoms. The van der Waals surface area contributed by atoms with Crippen molar-refractivity contribution in [1.29, 1.82) is 0 Å². The first-order valence-corrected chi connectivity index (χ1v) is 2.86. The van der Waals surface area contributed by atoms with Crippen LogP contribution < -0.4 is 0 Å². The van der Waals surface area contributed by atoms with E-state index in [9.17, 15) is 0 Å². The van der Waals surface area contributed by atoms with Crippen molar-refractivity contribution in [3.63, 3.8) is 0 Å². The molecule has 1 nitrogen and oxygen atoms in total. The quantitative estimate of drug-likeness (QED) is 0.454. The normalized spacial score (nSPS) is 10.2. The fourth-order valence-electron chi connectivity index (χ4n) is 0.264. The summed E-state index contributed by atoms with van der Waals surface area (Å²) in [5, 5.41) is 8.24. The number of allylic oxidation sites excluding steroid dienone is 2. The van der Waals surface area contributed by atoms with Crippen molar-refractivity contribution >= 4 is 11.6 Å². The first-order valence-electron chi connectivity index (χ1n) is 2.32. The van der Waals surface area contributed by atoms with Gasteiger partial charge in [-0.2, -0.15) is 0 Å². The Balaban J connectivity index is 3.37. The molecule has 0 bridgehead atoms. The van der Waals surface area contributed by atoms with Crippen LogP contribution in [0.3, 0.4) is 0 Å². The minimum Gasteiger partial charge on any atom is -0.392 e. The lowest BCUT2D eigenvalue weighted by molar-refractivity contribution is 0.342. The number of aliphatic hydroxyl groups is 1. The molecule has 0 aromatic heterocycles. The lowest BCUT2D eigenvalue weighted by Gasteiger charge is -1.85. The molecule has 0 heterocycles. The van der Waals surface area contributed by atoms with Crippen LogP contribution in [0.5, 0.6) is 0 Å². The van der Waals surface area contributed by atoms with E-state index in [0.29, 0.717) is 5.88 Å². The van der Waals surface area contributed by atoms with E-state index in [-0.39, 0.29) is 6.61 Å². The Morgan fingerprint density at radius 1 is 1.75 bits per heavy atom. The van der Waals surface area contributed by atoms with Gasteiger partial charge in [0, 0.05) is 5.88 Å². The van der Waals surface area contributed by atoms with Crippen LogP contribution in [0.1, 0.15) is 0 Å². The van der Waals surface area contributed by atoms with Crippen LogP contribution in [0.2, 0.25) is 0 Å². The molecule has 0 saturated carbocycles. The molecular weight excluding hydrogens is 124 g/mol. The van der Waals surface area contributed by atoms with Gasteiger partial charge < -0.3 is 5.11 Å². The first kappa shape index (κ1) is 7.73. The summed E-state index contributed by atoms with van der Waals surface area (Å²) >= 11 is 5.36. The fourth-order valence-corrected chi connectivity index (χ4v) is 0.353. The summed E-state index contributed by atoms with van der Waals surface area (Å²) in [6, 6.07) is 0. The Bertz CT molecular complexity index is 96.7. The molecule has 0 unspecified atom stereocenters. The van der Waals surface area contributed by atoms with Gasteiger partial charge in [0.1, 0.15) is 0 Å². The van der Waals surface area contributed by atoms with Crippen molar-refractivity contribution in [2.24, 2.45) is 0 Å². The van der Waals surface area contributed by atoms with E-state index >= 15 is 0 Å². The van der Waals surface area contributed by atoms with Gasteiger partial charge in [-0.15, -0.1) is 11.6 Å². The molecule has 0 rings (SSSR count). The topological polar surface area (TPSA) is 20.2 Å². The van der Waals surface area contributed by atoms with Gasteiger partial charge >= 0.3 is 0 Å². The van der Waals surface area contributed by atoms with E-state index in [1.807, 2.05) is 0 Å². The van der Waals surface area contributed by atoms with Crippen molar-refractivity contribution in [3.05, 3.63) is 24.3 Å². The van der Waals surface area contributed by atoms with Gasteiger partial charge in [0.25, 0.3) is 0 Å². The minimum atomic E-state index is 0.0515. The third kappa shape index (κ3) is 3.90. The minimum absolute atomic E-state index is 0.0515. The number of hydrogen-bond donors (Lipinski definition) is 1. The molecule has 0 atom stereocenters. The fraction of sp³-hybridized carbons (Fsp3) is 0.333. The van der Waals surface area contributed by atoms with Gasteiger partial charge in [0.05, 0.1) is 6.61 Å². The lowest BCUT2D eigenvalue weighted by atomic mass is 10.3. The zero-order chi connectivity index (χ0) is 6.41. The molecule has 0 radical (unpaired) electrons. The molecule has 46 valence electrons. The van der Waals surface area contributed by atoms with E-state index < -0.39 is 0 Å². The molecule has 0 amide bonds. The van der Waals surface area contributed by atoms with Crippen molar-refractivity contribution < 1.29 is 5.11 Å². The predicted octanol–water partition coefficient (Wildman–Crippen LogP) is 1.33. The Labute approximate surface area is 54.3 Å². The maximum atomic E-state index is 8.24. The van der Waals surface area contributed by atoms with Crippen LogP contribution in [0.4, 0.5) is 0 Å². The number of aliphatic hydroxyl groups excluding tert-OH is 1. The first-order chi connectivity index (χ1) is 3.81. The molecule has 0 aromatic carbocycles. The van der Waals surface area contributed by atoms with Crippen LogP contribution in [-0.2, 0) is 0 Å². The van der Waals surface area contributed by atoms with Crippen LogP contribution in [0.15, 0.2) is 24.3 Å². The maximum Gasteiger partial charge on any atom is 0.0615 e. The second-order valence-electron chi connectivity index (χ2n) is 1.38. The molecule has 0 aliphatic rings. The number of rotatable bonds is 3. The molecule has 1 N–H and O–H groups in total. The van der Waals surface area contributed by atoms with Crippen molar-refractivity contribution in [3.8, 4) is 0 Å². The smallest absolute Gasteiger partial charge is 0.0615 e. The van der Waals surface area contributed by atoms with Gasteiger partial charge in [-0.25, -0.2) is 0 Å². The number of hydrogen-bond acceptors (Lipinski definition) is 1. The second kappa shape index (κ2) is 4.88. The highest BCUT2D eigenvalue weighted by Gasteiger charge is 1.79. The standard InChI is InChI=1S/C6H9ClO/c1-6(5-7)3-2-4-8/h2-3,8H,1,4-5H2. The molecular formula is C6H9ClO. The van der Waals surface area contributed by atoms with Crippen LogP contribution in [0, 0.1) is 0 Å². The molecule has 8 heavy (non-hydrogen) atoms. The molecule has 0 fully saturated rings. The highest BCUT2D eigenvalue weighted by molar-refractivity contribution is 6.19. The largest absolute Gasteiger partial charge is 0.392 e. The van der Waals surface area contributed by atoms with E-state index in [2.05, 4.69) is 6.58 Å². The molecule has 0 saturated heterocycles. The SMILES string of the molecule is C=C(C=CCO)CCl. The summed E-state index contributed by atoms with van der Waals surface area (Å²) in [7, 11) is 0. The monoisotopic (exact) mass is 132 g/mol.